The lowest BCUT2D eigenvalue weighted by atomic mass is 10.1. The van der Waals surface area contributed by atoms with E-state index in [1.165, 1.54) is 0 Å². The monoisotopic (exact) mass is 221 g/mol. The Hall–Kier alpha value is -1.55. The summed E-state index contributed by atoms with van der Waals surface area (Å²) in [6.07, 6.45) is 0.906. The zero-order valence-corrected chi connectivity index (χ0v) is 10.0. The number of carbonyl (C=O) groups excluding carboxylic acids is 1. The van der Waals surface area contributed by atoms with Gasteiger partial charge in [-0.25, -0.2) is 0 Å². The van der Waals surface area contributed by atoms with Gasteiger partial charge in [0.25, 0.3) is 5.91 Å². The molecule has 4 nitrogen and oxygen atoms in total. The molecule has 1 unspecified atom stereocenters. The first-order valence-electron chi connectivity index (χ1n) is 5.46. The van der Waals surface area contributed by atoms with Crippen LogP contribution in [-0.2, 0) is 0 Å². The Kier molecular flexibility index (Phi) is 4.31. The number of hydrazine groups is 1. The molecule has 0 aromatic heterocycles. The Bertz CT molecular complexity index is 377. The molecule has 1 aromatic carbocycles. The predicted octanol–water partition coefficient (Wildman–Crippen LogP) is 1.81. The minimum Gasteiger partial charge on any atom is -0.350 e. The fourth-order valence-electron chi connectivity index (χ4n) is 1.38. The van der Waals surface area contributed by atoms with E-state index >= 15 is 0 Å². The minimum atomic E-state index is -0.0951. The highest BCUT2D eigenvalue weighted by Gasteiger charge is 2.12. The van der Waals surface area contributed by atoms with Gasteiger partial charge in [0.15, 0.2) is 0 Å². The van der Waals surface area contributed by atoms with Crippen molar-refractivity contribution in [3.05, 3.63) is 29.3 Å². The first kappa shape index (κ1) is 12.5. The van der Waals surface area contributed by atoms with Crippen LogP contribution in [0.2, 0.25) is 0 Å². The van der Waals surface area contributed by atoms with E-state index in [0.717, 1.165) is 12.0 Å². The van der Waals surface area contributed by atoms with Crippen LogP contribution in [0.5, 0.6) is 0 Å². The maximum atomic E-state index is 11.9. The van der Waals surface area contributed by atoms with Crippen LogP contribution in [0.4, 0.5) is 5.69 Å². The highest BCUT2D eigenvalue weighted by Crippen LogP contribution is 2.16. The Balaban J connectivity index is 2.90. The van der Waals surface area contributed by atoms with Crippen LogP contribution in [0.15, 0.2) is 18.2 Å². The summed E-state index contributed by atoms with van der Waals surface area (Å²) in [5.74, 6) is 5.30. The zero-order valence-electron chi connectivity index (χ0n) is 10.0. The van der Waals surface area contributed by atoms with E-state index in [9.17, 15) is 4.79 Å². The summed E-state index contributed by atoms with van der Waals surface area (Å²) >= 11 is 0. The van der Waals surface area contributed by atoms with Crippen molar-refractivity contribution in [2.75, 3.05) is 5.43 Å². The number of amides is 1. The summed E-state index contributed by atoms with van der Waals surface area (Å²) in [6, 6.07) is 5.69. The molecular formula is C12H19N3O. The van der Waals surface area contributed by atoms with Crippen molar-refractivity contribution in [2.24, 2.45) is 5.84 Å². The van der Waals surface area contributed by atoms with E-state index in [1.54, 1.807) is 6.07 Å². The zero-order chi connectivity index (χ0) is 12.1. The highest BCUT2D eigenvalue weighted by molar-refractivity contribution is 5.99. The lowest BCUT2D eigenvalue weighted by molar-refractivity contribution is 0.0940. The fourth-order valence-corrected chi connectivity index (χ4v) is 1.38. The summed E-state index contributed by atoms with van der Waals surface area (Å²) in [5, 5.41) is 2.91. The quantitative estimate of drug-likeness (QED) is 0.536. The molecule has 4 heteroatoms. The molecule has 1 aromatic rings. The summed E-state index contributed by atoms with van der Waals surface area (Å²) in [6.45, 7) is 5.96. The lowest BCUT2D eigenvalue weighted by Crippen LogP contribution is -2.32. The van der Waals surface area contributed by atoms with Crippen LogP contribution < -0.4 is 16.6 Å². The molecule has 0 bridgehead atoms. The molecule has 0 aliphatic rings. The Morgan fingerprint density at radius 3 is 2.75 bits per heavy atom. The van der Waals surface area contributed by atoms with Gasteiger partial charge in [0.2, 0.25) is 0 Å². The third-order valence-corrected chi connectivity index (χ3v) is 2.57. The molecule has 0 saturated carbocycles. The number of nitrogen functional groups attached to an aromatic ring is 1. The van der Waals surface area contributed by atoms with E-state index < -0.39 is 0 Å². The molecule has 1 amide bonds. The van der Waals surface area contributed by atoms with Gasteiger partial charge in [0.1, 0.15) is 0 Å². The fraction of sp³-hybridized carbons (Fsp3) is 0.417. The normalized spacial score (nSPS) is 12.0. The topological polar surface area (TPSA) is 67.2 Å². The molecule has 0 aliphatic carbocycles. The molecule has 0 saturated heterocycles. The van der Waals surface area contributed by atoms with Gasteiger partial charge in [0, 0.05) is 6.04 Å². The maximum absolute atomic E-state index is 11.9. The molecule has 4 N–H and O–H groups in total. The molecule has 88 valence electrons. The summed E-state index contributed by atoms with van der Waals surface area (Å²) in [7, 11) is 0. The number of hydrogen-bond donors (Lipinski definition) is 3. The minimum absolute atomic E-state index is 0.0951. The third-order valence-electron chi connectivity index (χ3n) is 2.57. The van der Waals surface area contributed by atoms with E-state index in [-0.39, 0.29) is 11.9 Å². The summed E-state index contributed by atoms with van der Waals surface area (Å²) < 4.78 is 0. The average molecular weight is 221 g/mol. The first-order valence-corrected chi connectivity index (χ1v) is 5.46. The van der Waals surface area contributed by atoms with Gasteiger partial charge in [-0.1, -0.05) is 13.0 Å². The van der Waals surface area contributed by atoms with E-state index in [0.29, 0.717) is 11.3 Å². The van der Waals surface area contributed by atoms with Gasteiger partial charge in [-0.15, -0.1) is 0 Å². The lowest BCUT2D eigenvalue weighted by Gasteiger charge is -2.14. The molecule has 0 heterocycles. The van der Waals surface area contributed by atoms with Gasteiger partial charge in [-0.3, -0.25) is 10.6 Å². The second-order valence-corrected chi connectivity index (χ2v) is 3.98. The van der Waals surface area contributed by atoms with Crippen LogP contribution in [0.3, 0.4) is 0 Å². The van der Waals surface area contributed by atoms with E-state index in [1.807, 2.05) is 32.9 Å². The Morgan fingerprint density at radius 2 is 2.19 bits per heavy atom. The van der Waals surface area contributed by atoms with Crippen LogP contribution in [0.1, 0.15) is 36.2 Å². The molecular weight excluding hydrogens is 202 g/mol. The van der Waals surface area contributed by atoms with Crippen LogP contribution >= 0.6 is 0 Å². The summed E-state index contributed by atoms with van der Waals surface area (Å²) in [5.41, 5.74) is 4.84. The number of anilines is 1. The number of aryl methyl sites for hydroxylation is 1. The third kappa shape index (κ3) is 2.97. The second-order valence-electron chi connectivity index (χ2n) is 3.98. The molecule has 1 rings (SSSR count). The Labute approximate surface area is 96.2 Å². The van der Waals surface area contributed by atoms with E-state index in [2.05, 4.69) is 10.7 Å². The number of nitrogens with one attached hydrogen (secondary N) is 2. The van der Waals surface area contributed by atoms with Gasteiger partial charge >= 0.3 is 0 Å². The van der Waals surface area contributed by atoms with Crippen molar-refractivity contribution in [3.63, 3.8) is 0 Å². The number of rotatable bonds is 4. The van der Waals surface area contributed by atoms with Crippen molar-refractivity contribution >= 4 is 11.6 Å². The number of nitrogens with two attached hydrogens (primary N) is 1. The number of benzene rings is 1. The van der Waals surface area contributed by atoms with E-state index in [4.69, 9.17) is 5.84 Å². The molecule has 1 atom stereocenters. The van der Waals surface area contributed by atoms with Crippen molar-refractivity contribution in [1.82, 2.24) is 5.32 Å². The second kappa shape index (κ2) is 5.51. The summed E-state index contributed by atoms with van der Waals surface area (Å²) in [4.78, 5) is 11.9. The van der Waals surface area contributed by atoms with Gasteiger partial charge in [0.05, 0.1) is 11.3 Å². The molecule has 0 radical (unpaired) electrons. The van der Waals surface area contributed by atoms with Crippen LogP contribution in [0.25, 0.3) is 0 Å². The van der Waals surface area contributed by atoms with Crippen LogP contribution in [0, 0.1) is 6.92 Å². The Morgan fingerprint density at radius 1 is 1.50 bits per heavy atom. The van der Waals surface area contributed by atoms with Crippen molar-refractivity contribution in [1.29, 1.82) is 0 Å². The van der Waals surface area contributed by atoms with Crippen molar-refractivity contribution in [3.8, 4) is 0 Å². The first-order chi connectivity index (χ1) is 7.58. The average Bonchev–Trinajstić information content (AvgIpc) is 2.28. The van der Waals surface area contributed by atoms with Crippen molar-refractivity contribution < 1.29 is 4.79 Å². The molecule has 0 fully saturated rings. The smallest absolute Gasteiger partial charge is 0.253 e. The van der Waals surface area contributed by atoms with Gasteiger partial charge in [-0.05, 0) is 38.0 Å². The molecule has 16 heavy (non-hydrogen) atoms. The highest BCUT2D eigenvalue weighted by atomic mass is 16.1. The largest absolute Gasteiger partial charge is 0.350 e. The van der Waals surface area contributed by atoms with Gasteiger partial charge < -0.3 is 10.7 Å². The number of hydrogen-bond acceptors (Lipinski definition) is 3. The SMILES string of the molecule is CCC(C)NC(=O)c1ccc(C)cc1NN. The predicted molar refractivity (Wildman–Crippen MR) is 66.2 cm³/mol. The van der Waals surface area contributed by atoms with Gasteiger partial charge in [-0.2, -0.15) is 0 Å². The number of carbonyl (C=O) groups is 1. The van der Waals surface area contributed by atoms with Crippen molar-refractivity contribution in [2.45, 2.75) is 33.2 Å². The molecule has 0 aliphatic heterocycles. The standard InChI is InChI=1S/C12H19N3O/c1-4-9(3)14-12(16)10-6-5-8(2)7-11(10)15-13/h5-7,9,15H,4,13H2,1-3H3,(H,14,16). The maximum Gasteiger partial charge on any atom is 0.253 e. The molecule has 0 spiro atoms. The van der Waals surface area contributed by atoms with Crippen LogP contribution in [-0.4, -0.2) is 11.9 Å².